The molecule has 6 aromatic carbocycles. The molecule has 1 aliphatic heterocycles. The highest BCUT2D eigenvalue weighted by Crippen LogP contribution is 2.50. The van der Waals surface area contributed by atoms with Gasteiger partial charge in [-0.05, 0) is 81.8 Å². The van der Waals surface area contributed by atoms with Crippen molar-refractivity contribution in [1.29, 1.82) is 5.26 Å². The van der Waals surface area contributed by atoms with Crippen LogP contribution >= 0.6 is 0 Å². The van der Waals surface area contributed by atoms with Gasteiger partial charge in [-0.1, -0.05) is 129 Å². The van der Waals surface area contributed by atoms with Crippen molar-refractivity contribution in [1.82, 2.24) is 5.32 Å². The number of rotatable bonds is 5. The topological polar surface area (TPSA) is 60.5 Å². The predicted octanol–water partition coefficient (Wildman–Crippen LogP) is 9.87. The molecule has 1 atom stereocenters. The summed E-state index contributed by atoms with van der Waals surface area (Å²) in [6.45, 7) is 6.57. The van der Waals surface area contributed by atoms with Crippen molar-refractivity contribution >= 4 is 11.7 Å². The molecule has 0 bridgehead atoms. The quantitative estimate of drug-likeness (QED) is 0.209. The molecule has 4 heteroatoms. The van der Waals surface area contributed by atoms with Crippen LogP contribution in [-0.4, -0.2) is 11.7 Å². The van der Waals surface area contributed by atoms with Gasteiger partial charge in [0.05, 0.1) is 11.6 Å². The minimum absolute atomic E-state index is 0.211. The first kappa shape index (κ1) is 29.4. The number of aliphatic imine (C=N–C) groups is 2. The van der Waals surface area contributed by atoms with Crippen molar-refractivity contribution in [3.63, 3.8) is 0 Å². The SMILES string of the molecule is CC1(c2ccccc2)N=C(c2cccc(-c3ccccc3)c2)NC(c2cccc(-c3ccc4c(c3)C(C)(C)c3cc(C#N)ccc3-4)c2)=N1. The lowest BCUT2D eigenvalue weighted by Gasteiger charge is -2.30. The zero-order chi connectivity index (χ0) is 32.9. The fraction of sp³-hybridized carbons (Fsp3) is 0.114. The van der Waals surface area contributed by atoms with Crippen molar-refractivity contribution in [3.8, 4) is 39.4 Å². The number of hydrogen-bond acceptors (Lipinski definition) is 4. The largest absolute Gasteiger partial charge is 0.324 e. The Hall–Kier alpha value is -6.05. The Bertz CT molecular complexity index is 2310. The van der Waals surface area contributed by atoms with E-state index in [1.54, 1.807) is 0 Å². The second kappa shape index (κ2) is 11.3. The van der Waals surface area contributed by atoms with Gasteiger partial charge in [-0.2, -0.15) is 5.26 Å². The first-order valence-corrected chi connectivity index (χ1v) is 16.3. The van der Waals surface area contributed by atoms with Crippen LogP contribution in [0.1, 0.15) is 54.2 Å². The van der Waals surface area contributed by atoms with E-state index >= 15 is 0 Å². The summed E-state index contributed by atoms with van der Waals surface area (Å²) in [6, 6.07) is 52.9. The summed E-state index contributed by atoms with van der Waals surface area (Å²) in [5.41, 5.74) is 12.1. The van der Waals surface area contributed by atoms with Crippen LogP contribution in [0.15, 0.2) is 156 Å². The molecule has 0 radical (unpaired) electrons. The average molecular weight is 619 g/mol. The molecule has 48 heavy (non-hydrogen) atoms. The first-order valence-electron chi connectivity index (χ1n) is 16.3. The lowest BCUT2D eigenvalue weighted by molar-refractivity contribution is 0.518. The monoisotopic (exact) mass is 618 g/mol. The number of fused-ring (bicyclic) bond motifs is 3. The lowest BCUT2D eigenvalue weighted by Crippen LogP contribution is -2.40. The number of nitrogens with zero attached hydrogens (tertiary/aromatic N) is 3. The molecule has 1 N–H and O–H groups in total. The zero-order valence-electron chi connectivity index (χ0n) is 27.2. The summed E-state index contributed by atoms with van der Waals surface area (Å²) in [4.78, 5) is 10.5. The van der Waals surface area contributed by atoms with Gasteiger partial charge in [0.25, 0.3) is 0 Å². The average Bonchev–Trinajstić information content (AvgIpc) is 3.37. The van der Waals surface area contributed by atoms with E-state index in [1.165, 1.54) is 22.3 Å². The van der Waals surface area contributed by atoms with Gasteiger partial charge in [0, 0.05) is 22.1 Å². The Kier molecular flexibility index (Phi) is 6.93. The Morgan fingerprint density at radius 3 is 1.62 bits per heavy atom. The van der Waals surface area contributed by atoms with Crippen LogP contribution in [-0.2, 0) is 11.1 Å². The smallest absolute Gasteiger partial charge is 0.177 e. The summed E-state index contributed by atoms with van der Waals surface area (Å²) < 4.78 is 0. The Morgan fingerprint density at radius 1 is 0.500 bits per heavy atom. The third-order valence-electron chi connectivity index (χ3n) is 9.73. The molecular formula is C44H34N4. The summed E-state index contributed by atoms with van der Waals surface area (Å²) >= 11 is 0. The van der Waals surface area contributed by atoms with Crippen LogP contribution in [0.5, 0.6) is 0 Å². The predicted molar refractivity (Wildman–Crippen MR) is 196 cm³/mol. The maximum absolute atomic E-state index is 9.55. The third-order valence-corrected chi connectivity index (χ3v) is 9.73. The fourth-order valence-electron chi connectivity index (χ4n) is 7.09. The summed E-state index contributed by atoms with van der Waals surface area (Å²) in [6.07, 6.45) is 0. The van der Waals surface area contributed by atoms with Crippen molar-refractivity contribution in [2.45, 2.75) is 31.8 Å². The summed E-state index contributed by atoms with van der Waals surface area (Å²) in [5.74, 6) is 1.56. The van der Waals surface area contributed by atoms with Crippen LogP contribution in [0.2, 0.25) is 0 Å². The molecule has 0 spiro atoms. The number of amidine groups is 2. The first-order chi connectivity index (χ1) is 23.3. The van der Waals surface area contributed by atoms with E-state index in [1.807, 2.05) is 36.4 Å². The molecule has 0 saturated heterocycles. The second-order valence-electron chi connectivity index (χ2n) is 13.2. The van der Waals surface area contributed by atoms with E-state index in [9.17, 15) is 5.26 Å². The maximum atomic E-state index is 9.55. The molecule has 4 nitrogen and oxygen atoms in total. The fourth-order valence-corrected chi connectivity index (χ4v) is 7.09. The molecule has 0 saturated carbocycles. The van der Waals surface area contributed by atoms with Gasteiger partial charge in [0.15, 0.2) is 5.66 Å². The summed E-state index contributed by atoms with van der Waals surface area (Å²) in [7, 11) is 0. The minimum Gasteiger partial charge on any atom is -0.324 e. The molecule has 0 fully saturated rings. The third kappa shape index (κ3) is 5.01. The van der Waals surface area contributed by atoms with E-state index in [2.05, 4.69) is 141 Å². The molecule has 2 aliphatic rings. The van der Waals surface area contributed by atoms with E-state index in [4.69, 9.17) is 9.98 Å². The number of nitriles is 1. The highest BCUT2D eigenvalue weighted by molar-refractivity contribution is 6.16. The highest BCUT2D eigenvalue weighted by atomic mass is 15.2. The molecular weight excluding hydrogens is 585 g/mol. The molecule has 0 amide bonds. The molecule has 1 heterocycles. The Morgan fingerprint density at radius 2 is 1.00 bits per heavy atom. The Labute approximate surface area is 281 Å². The van der Waals surface area contributed by atoms with Crippen molar-refractivity contribution in [3.05, 3.63) is 179 Å². The van der Waals surface area contributed by atoms with Gasteiger partial charge in [0.1, 0.15) is 11.7 Å². The lowest BCUT2D eigenvalue weighted by atomic mass is 9.81. The standard InChI is InChI=1S/C44H34N4/c1-43(2)39-24-29(28-45)20-22-37(39)38-23-21-33(27-40(38)43)32-15-11-17-35(26-32)42-46-41(47-44(3,48-42)36-18-8-5-9-19-36)34-16-10-14-31(25-34)30-12-6-4-7-13-30/h4-27H,1-3H3,(H,46,47,48). The van der Waals surface area contributed by atoms with Gasteiger partial charge in [-0.25, -0.2) is 9.98 Å². The normalized spacial score (nSPS) is 17.3. The number of nitrogens with one attached hydrogen (secondary N) is 1. The van der Waals surface area contributed by atoms with Crippen LogP contribution in [0.25, 0.3) is 33.4 Å². The van der Waals surface area contributed by atoms with E-state index < -0.39 is 5.66 Å². The minimum atomic E-state index is -0.818. The van der Waals surface area contributed by atoms with Crippen LogP contribution in [0.4, 0.5) is 0 Å². The van der Waals surface area contributed by atoms with E-state index in [-0.39, 0.29) is 5.41 Å². The zero-order valence-corrected chi connectivity index (χ0v) is 27.2. The van der Waals surface area contributed by atoms with Crippen molar-refractivity contribution in [2.24, 2.45) is 9.98 Å². The van der Waals surface area contributed by atoms with E-state index in [0.29, 0.717) is 5.56 Å². The van der Waals surface area contributed by atoms with Crippen LogP contribution < -0.4 is 5.32 Å². The van der Waals surface area contributed by atoms with Gasteiger partial charge >= 0.3 is 0 Å². The van der Waals surface area contributed by atoms with Crippen molar-refractivity contribution < 1.29 is 0 Å². The van der Waals surface area contributed by atoms with Gasteiger partial charge in [0.2, 0.25) is 0 Å². The second-order valence-corrected chi connectivity index (χ2v) is 13.2. The highest BCUT2D eigenvalue weighted by Gasteiger charge is 2.36. The molecule has 1 unspecified atom stereocenters. The Balaban J connectivity index is 1.19. The molecule has 1 aliphatic carbocycles. The van der Waals surface area contributed by atoms with Crippen LogP contribution in [0.3, 0.4) is 0 Å². The molecule has 8 rings (SSSR count). The number of hydrogen-bond donors (Lipinski definition) is 1. The van der Waals surface area contributed by atoms with Crippen LogP contribution in [0, 0.1) is 11.3 Å². The van der Waals surface area contributed by atoms with E-state index in [0.717, 1.165) is 50.6 Å². The molecule has 230 valence electrons. The molecule has 6 aromatic rings. The molecule has 0 aromatic heterocycles. The van der Waals surface area contributed by atoms with Gasteiger partial charge in [-0.15, -0.1) is 0 Å². The summed E-state index contributed by atoms with van der Waals surface area (Å²) in [5, 5.41) is 13.2. The van der Waals surface area contributed by atoms with Gasteiger partial charge < -0.3 is 5.32 Å². The van der Waals surface area contributed by atoms with Crippen molar-refractivity contribution in [2.75, 3.05) is 0 Å². The van der Waals surface area contributed by atoms with Gasteiger partial charge in [-0.3, -0.25) is 0 Å². The maximum Gasteiger partial charge on any atom is 0.177 e. The number of benzene rings is 6.